The molecule has 1 fully saturated rings. The molecular weight excluding hydrogens is 528 g/mol. The molecule has 3 aromatic carbocycles. The zero-order chi connectivity index (χ0) is 28.3. The van der Waals surface area contributed by atoms with Crippen LogP contribution in [0.5, 0.6) is 11.5 Å². The minimum Gasteiger partial charge on any atom is -0.487 e. The van der Waals surface area contributed by atoms with Crippen LogP contribution in [0.2, 0.25) is 0 Å². The Balaban J connectivity index is 1.24. The van der Waals surface area contributed by atoms with Gasteiger partial charge in [-0.1, -0.05) is 36.4 Å². The number of carbonyl (C=O) groups is 1. The van der Waals surface area contributed by atoms with Crippen LogP contribution in [0.1, 0.15) is 35.7 Å². The van der Waals surface area contributed by atoms with Crippen molar-refractivity contribution in [1.82, 2.24) is 5.32 Å². The van der Waals surface area contributed by atoms with E-state index in [9.17, 15) is 14.1 Å². The van der Waals surface area contributed by atoms with Crippen molar-refractivity contribution in [3.05, 3.63) is 83.9 Å². The fourth-order valence-electron chi connectivity index (χ4n) is 4.62. The molecule has 1 aliphatic heterocycles. The first kappa shape index (κ1) is 29.6. The van der Waals surface area contributed by atoms with Crippen LogP contribution in [-0.4, -0.2) is 66.5 Å². The van der Waals surface area contributed by atoms with Crippen LogP contribution < -0.4 is 19.7 Å². The van der Waals surface area contributed by atoms with E-state index in [1.165, 1.54) is 0 Å². The molecule has 1 heterocycles. The van der Waals surface area contributed by atoms with E-state index in [1.54, 1.807) is 43.5 Å². The molecule has 8 nitrogen and oxygen atoms in total. The summed E-state index contributed by atoms with van der Waals surface area (Å²) in [4.78, 5) is 14.7. The van der Waals surface area contributed by atoms with Gasteiger partial charge in [0.05, 0.1) is 27.9 Å². The van der Waals surface area contributed by atoms with Gasteiger partial charge in [-0.3, -0.25) is 4.21 Å². The Kier molecular flexibility index (Phi) is 11.0. The van der Waals surface area contributed by atoms with Crippen LogP contribution in [0.15, 0.2) is 77.7 Å². The Hall–Kier alpha value is -3.40. The smallest absolute Gasteiger partial charge is 0.338 e. The summed E-state index contributed by atoms with van der Waals surface area (Å²) < 4.78 is 29.4. The summed E-state index contributed by atoms with van der Waals surface area (Å²) in [5.74, 6) is 0.600. The van der Waals surface area contributed by atoms with E-state index in [1.807, 2.05) is 42.5 Å². The predicted octanol–water partition coefficient (Wildman–Crippen LogP) is 4.18. The second-order valence-corrected chi connectivity index (χ2v) is 11.1. The molecule has 0 aliphatic carbocycles. The summed E-state index contributed by atoms with van der Waals surface area (Å²) in [6, 6.07) is 22.9. The van der Waals surface area contributed by atoms with Crippen molar-refractivity contribution < 1.29 is 28.3 Å². The van der Waals surface area contributed by atoms with Crippen molar-refractivity contribution in [2.24, 2.45) is 0 Å². The summed E-state index contributed by atoms with van der Waals surface area (Å²) in [5, 5.41) is 14.1. The lowest BCUT2D eigenvalue weighted by Crippen LogP contribution is -2.45. The standard InChI is InChI=1S/C31H38N2O6S/c1-3-37-31(35)24-12-14-26(15-13-24)33-18-16-25(17-19-33)32-20-27(34)22-38-28-10-7-11-29(40(2)36)30(28)39-21-23-8-5-4-6-9-23/h4-15,25,27,32,34H,3,16-22H2,1-2H3. The predicted molar refractivity (Wildman–Crippen MR) is 157 cm³/mol. The minimum absolute atomic E-state index is 0.0835. The summed E-state index contributed by atoms with van der Waals surface area (Å²) >= 11 is 0. The quantitative estimate of drug-likeness (QED) is 0.298. The molecule has 0 spiro atoms. The van der Waals surface area contributed by atoms with Crippen molar-refractivity contribution in [2.75, 3.05) is 44.0 Å². The van der Waals surface area contributed by atoms with E-state index < -0.39 is 16.9 Å². The van der Waals surface area contributed by atoms with Gasteiger partial charge in [-0.2, -0.15) is 0 Å². The maximum Gasteiger partial charge on any atom is 0.338 e. The fourth-order valence-corrected chi connectivity index (χ4v) is 5.31. The molecule has 0 bridgehead atoms. The van der Waals surface area contributed by atoms with E-state index in [0.29, 0.717) is 47.8 Å². The maximum absolute atomic E-state index is 12.3. The van der Waals surface area contributed by atoms with Gasteiger partial charge in [0.1, 0.15) is 19.3 Å². The summed E-state index contributed by atoms with van der Waals surface area (Å²) in [6.07, 6.45) is 2.77. The first-order valence-electron chi connectivity index (χ1n) is 13.6. The third-order valence-electron chi connectivity index (χ3n) is 6.79. The Morgan fingerprint density at radius 3 is 2.42 bits per heavy atom. The highest BCUT2D eigenvalue weighted by molar-refractivity contribution is 7.84. The normalized spacial score (nSPS) is 15.3. The van der Waals surface area contributed by atoms with E-state index in [0.717, 1.165) is 37.2 Å². The Morgan fingerprint density at radius 2 is 1.75 bits per heavy atom. The topological polar surface area (TPSA) is 97.3 Å². The number of hydrogen-bond acceptors (Lipinski definition) is 8. The van der Waals surface area contributed by atoms with Gasteiger partial charge >= 0.3 is 5.97 Å². The molecule has 0 aromatic heterocycles. The summed E-state index contributed by atoms with van der Waals surface area (Å²) in [7, 11) is -1.26. The SMILES string of the molecule is CCOC(=O)c1ccc(N2CCC(NCC(O)COc3cccc(S(C)=O)c3OCc3ccccc3)CC2)cc1. The van der Waals surface area contributed by atoms with Crippen LogP contribution in [0.25, 0.3) is 0 Å². The zero-order valence-electron chi connectivity index (χ0n) is 23.1. The first-order chi connectivity index (χ1) is 19.4. The number of carbonyl (C=O) groups excluding carboxylic acids is 1. The van der Waals surface area contributed by atoms with E-state index in [4.69, 9.17) is 14.2 Å². The molecule has 214 valence electrons. The lowest BCUT2D eigenvalue weighted by molar-refractivity contribution is 0.0526. The number of benzene rings is 3. The average molecular weight is 567 g/mol. The first-order valence-corrected chi connectivity index (χ1v) is 15.2. The molecule has 2 N–H and O–H groups in total. The Labute approximate surface area is 238 Å². The maximum atomic E-state index is 12.3. The van der Waals surface area contributed by atoms with Gasteiger partial charge in [-0.25, -0.2) is 4.79 Å². The molecule has 2 atom stereocenters. The van der Waals surface area contributed by atoms with Crippen molar-refractivity contribution >= 4 is 22.5 Å². The second kappa shape index (κ2) is 14.8. The van der Waals surface area contributed by atoms with E-state index >= 15 is 0 Å². The fraction of sp³-hybridized carbons (Fsp3) is 0.387. The molecule has 3 aromatic rings. The molecule has 1 saturated heterocycles. The second-order valence-electron chi connectivity index (χ2n) is 9.71. The molecule has 0 saturated carbocycles. The third-order valence-corrected chi connectivity index (χ3v) is 7.73. The van der Waals surface area contributed by atoms with Gasteiger partial charge in [0, 0.05) is 37.6 Å². The molecular formula is C31H38N2O6S. The monoisotopic (exact) mass is 566 g/mol. The molecule has 1 aliphatic rings. The van der Waals surface area contributed by atoms with Gasteiger partial charge in [-0.05, 0) is 61.7 Å². The number of aliphatic hydroxyl groups excluding tert-OH is 1. The van der Waals surface area contributed by atoms with Gasteiger partial charge in [-0.15, -0.1) is 0 Å². The number of nitrogens with zero attached hydrogens (tertiary/aromatic N) is 1. The van der Waals surface area contributed by atoms with Gasteiger partial charge in [0.15, 0.2) is 11.5 Å². The zero-order valence-corrected chi connectivity index (χ0v) is 23.9. The van der Waals surface area contributed by atoms with E-state index in [2.05, 4.69) is 10.2 Å². The summed E-state index contributed by atoms with van der Waals surface area (Å²) in [6.45, 7) is 4.73. The number of para-hydroxylation sites is 1. The minimum atomic E-state index is -1.26. The van der Waals surface area contributed by atoms with Gasteiger partial charge < -0.3 is 29.5 Å². The number of hydrogen-bond donors (Lipinski definition) is 2. The number of aliphatic hydroxyl groups is 1. The van der Waals surface area contributed by atoms with E-state index in [-0.39, 0.29) is 12.6 Å². The number of piperidine rings is 1. The third kappa shape index (κ3) is 8.30. The molecule has 2 unspecified atom stereocenters. The van der Waals surface area contributed by atoms with Crippen LogP contribution in [0.4, 0.5) is 5.69 Å². The van der Waals surface area contributed by atoms with Gasteiger partial charge in [0.2, 0.25) is 0 Å². The molecule has 0 radical (unpaired) electrons. The van der Waals surface area contributed by atoms with Crippen LogP contribution in [-0.2, 0) is 22.1 Å². The number of nitrogens with one attached hydrogen (secondary N) is 1. The number of ether oxygens (including phenoxy) is 3. The average Bonchev–Trinajstić information content (AvgIpc) is 2.99. The highest BCUT2D eigenvalue weighted by Crippen LogP contribution is 2.34. The van der Waals surface area contributed by atoms with Crippen molar-refractivity contribution in [1.29, 1.82) is 0 Å². The van der Waals surface area contributed by atoms with Crippen LogP contribution in [0, 0.1) is 0 Å². The lowest BCUT2D eigenvalue weighted by atomic mass is 10.0. The number of esters is 1. The van der Waals surface area contributed by atoms with Crippen molar-refractivity contribution in [3.8, 4) is 11.5 Å². The highest BCUT2D eigenvalue weighted by atomic mass is 32.2. The number of anilines is 1. The molecule has 4 rings (SSSR count). The Bertz CT molecular complexity index is 1250. The van der Waals surface area contributed by atoms with Crippen LogP contribution >= 0.6 is 0 Å². The summed E-state index contributed by atoms with van der Waals surface area (Å²) in [5.41, 5.74) is 2.64. The Morgan fingerprint density at radius 1 is 1.02 bits per heavy atom. The molecule has 40 heavy (non-hydrogen) atoms. The lowest BCUT2D eigenvalue weighted by Gasteiger charge is -2.34. The largest absolute Gasteiger partial charge is 0.487 e. The number of rotatable bonds is 13. The molecule has 9 heteroatoms. The van der Waals surface area contributed by atoms with Crippen molar-refractivity contribution in [3.63, 3.8) is 0 Å². The van der Waals surface area contributed by atoms with Crippen molar-refractivity contribution in [2.45, 2.75) is 43.4 Å². The van der Waals surface area contributed by atoms with Crippen LogP contribution in [0.3, 0.4) is 0 Å². The van der Waals surface area contributed by atoms with Gasteiger partial charge in [0.25, 0.3) is 0 Å². The highest BCUT2D eigenvalue weighted by Gasteiger charge is 2.21. The molecule has 0 amide bonds.